The smallest absolute Gasteiger partial charge is 0.256 e. The van der Waals surface area contributed by atoms with Crippen LogP contribution in [-0.2, 0) is 5.75 Å². The summed E-state index contributed by atoms with van der Waals surface area (Å²) in [5.41, 5.74) is 3.02. The fourth-order valence-corrected chi connectivity index (χ4v) is 4.19. The third-order valence-electron chi connectivity index (χ3n) is 4.94. The summed E-state index contributed by atoms with van der Waals surface area (Å²) in [5.74, 6) is 1.42. The lowest BCUT2D eigenvalue weighted by atomic mass is 10.1. The second kappa shape index (κ2) is 10.7. The average Bonchev–Trinajstić information content (AvgIpc) is 3.28. The van der Waals surface area contributed by atoms with Crippen LogP contribution in [0.5, 0.6) is 5.75 Å². The highest BCUT2D eigenvalue weighted by atomic mass is 32.2. The Bertz CT molecular complexity index is 1300. The van der Waals surface area contributed by atoms with Gasteiger partial charge in [0.2, 0.25) is 0 Å². The molecule has 4 rings (SSSR count). The highest BCUT2D eigenvalue weighted by Crippen LogP contribution is 2.27. The molecule has 0 saturated carbocycles. The number of carbonyl (C=O) groups is 2. The number of carbonyl (C=O) groups excluding carboxylic acids is 2. The molecule has 8 heteroatoms. The highest BCUT2D eigenvalue weighted by molar-refractivity contribution is 7.98. The molecule has 0 spiro atoms. The standard InChI is InChI=1S/C26H23N3O4S/c1-17-15-20(29-33-17)16-34-24-10-6-3-7-21(24)26(31)27-19-13-11-18(12-14-19)25(30)28-22-8-4-5-9-23(22)32-2/h3-15H,16H2,1-2H3,(H,27,31)(H,28,30). The fourth-order valence-electron chi connectivity index (χ4n) is 3.26. The molecule has 1 heterocycles. The molecule has 172 valence electrons. The van der Waals surface area contributed by atoms with Crippen molar-refractivity contribution in [3.8, 4) is 5.75 Å². The van der Waals surface area contributed by atoms with E-state index in [0.717, 1.165) is 16.3 Å². The number of nitrogens with one attached hydrogen (secondary N) is 2. The highest BCUT2D eigenvalue weighted by Gasteiger charge is 2.14. The van der Waals surface area contributed by atoms with Gasteiger partial charge in [-0.1, -0.05) is 29.4 Å². The zero-order chi connectivity index (χ0) is 23.9. The van der Waals surface area contributed by atoms with Crippen molar-refractivity contribution in [2.75, 3.05) is 17.7 Å². The summed E-state index contributed by atoms with van der Waals surface area (Å²) in [6.07, 6.45) is 0. The summed E-state index contributed by atoms with van der Waals surface area (Å²) in [6, 6.07) is 23.2. The van der Waals surface area contributed by atoms with E-state index in [1.807, 2.05) is 43.3 Å². The van der Waals surface area contributed by atoms with Crippen LogP contribution in [0.3, 0.4) is 0 Å². The first kappa shape index (κ1) is 23.1. The van der Waals surface area contributed by atoms with Crippen LogP contribution in [0, 0.1) is 6.92 Å². The van der Waals surface area contributed by atoms with Gasteiger partial charge < -0.3 is 19.9 Å². The molecule has 0 aliphatic rings. The van der Waals surface area contributed by atoms with E-state index in [1.165, 1.54) is 11.8 Å². The molecule has 1 aromatic heterocycles. The fraction of sp³-hybridized carbons (Fsp3) is 0.115. The summed E-state index contributed by atoms with van der Waals surface area (Å²) in [4.78, 5) is 26.4. The maximum Gasteiger partial charge on any atom is 0.256 e. The van der Waals surface area contributed by atoms with Gasteiger partial charge in [0.15, 0.2) is 0 Å². The van der Waals surface area contributed by atoms with Crippen LogP contribution in [0.25, 0.3) is 0 Å². The van der Waals surface area contributed by atoms with Gasteiger partial charge in [0.25, 0.3) is 11.8 Å². The Balaban J connectivity index is 1.40. The number of aromatic nitrogens is 1. The van der Waals surface area contributed by atoms with E-state index >= 15 is 0 Å². The topological polar surface area (TPSA) is 93.5 Å². The van der Waals surface area contributed by atoms with Crippen LogP contribution in [-0.4, -0.2) is 24.1 Å². The Morgan fingerprint density at radius 2 is 1.68 bits per heavy atom. The number of para-hydroxylation sites is 2. The van der Waals surface area contributed by atoms with Crippen LogP contribution in [0.4, 0.5) is 11.4 Å². The van der Waals surface area contributed by atoms with E-state index in [4.69, 9.17) is 9.26 Å². The predicted molar refractivity (Wildman–Crippen MR) is 133 cm³/mol. The summed E-state index contributed by atoms with van der Waals surface area (Å²) < 4.78 is 10.4. The van der Waals surface area contributed by atoms with E-state index in [9.17, 15) is 9.59 Å². The van der Waals surface area contributed by atoms with Crippen molar-refractivity contribution in [1.29, 1.82) is 0 Å². The molecule has 2 amide bonds. The van der Waals surface area contributed by atoms with Gasteiger partial charge in [-0.2, -0.15) is 0 Å². The van der Waals surface area contributed by atoms with Crippen molar-refractivity contribution >= 4 is 35.0 Å². The first-order valence-electron chi connectivity index (χ1n) is 10.5. The van der Waals surface area contributed by atoms with Crippen LogP contribution >= 0.6 is 11.8 Å². The summed E-state index contributed by atoms with van der Waals surface area (Å²) in [5, 5.41) is 9.73. The largest absolute Gasteiger partial charge is 0.495 e. The third-order valence-corrected chi connectivity index (χ3v) is 6.05. The first-order chi connectivity index (χ1) is 16.5. The van der Waals surface area contributed by atoms with Gasteiger partial charge in [-0.15, -0.1) is 11.8 Å². The predicted octanol–water partition coefficient (Wildman–Crippen LogP) is 5.79. The molecule has 4 aromatic rings. The average molecular weight is 474 g/mol. The number of methoxy groups -OCH3 is 1. The number of rotatable bonds is 8. The van der Waals surface area contributed by atoms with Crippen LogP contribution in [0.2, 0.25) is 0 Å². The van der Waals surface area contributed by atoms with Gasteiger partial charge in [0.05, 0.1) is 24.1 Å². The molecular weight excluding hydrogens is 450 g/mol. The number of benzene rings is 3. The molecule has 0 aliphatic heterocycles. The molecule has 2 N–H and O–H groups in total. The molecule has 3 aromatic carbocycles. The number of ether oxygens (including phenoxy) is 1. The van der Waals surface area contributed by atoms with Gasteiger partial charge in [-0.3, -0.25) is 9.59 Å². The van der Waals surface area contributed by atoms with Crippen molar-refractivity contribution in [2.45, 2.75) is 17.6 Å². The van der Waals surface area contributed by atoms with Crippen molar-refractivity contribution in [3.63, 3.8) is 0 Å². The molecule has 0 atom stereocenters. The number of amides is 2. The Kier molecular flexibility index (Phi) is 7.29. The molecule has 0 radical (unpaired) electrons. The van der Waals surface area contributed by atoms with Gasteiger partial charge in [-0.05, 0) is 55.5 Å². The summed E-state index contributed by atoms with van der Waals surface area (Å²) in [7, 11) is 1.55. The van der Waals surface area contributed by atoms with Gasteiger partial charge in [-0.25, -0.2) is 0 Å². The van der Waals surface area contributed by atoms with Crippen molar-refractivity contribution in [1.82, 2.24) is 5.16 Å². The number of thioether (sulfide) groups is 1. The Morgan fingerprint density at radius 3 is 2.41 bits per heavy atom. The molecule has 0 saturated heterocycles. The van der Waals surface area contributed by atoms with Gasteiger partial charge in [0.1, 0.15) is 11.5 Å². The monoisotopic (exact) mass is 473 g/mol. The SMILES string of the molecule is COc1ccccc1NC(=O)c1ccc(NC(=O)c2ccccc2SCc2cc(C)on2)cc1. The van der Waals surface area contributed by atoms with E-state index in [1.54, 1.807) is 49.6 Å². The third kappa shape index (κ3) is 5.65. The zero-order valence-corrected chi connectivity index (χ0v) is 19.5. The molecule has 0 fully saturated rings. The van der Waals surface area contributed by atoms with E-state index in [2.05, 4.69) is 15.8 Å². The number of hydrogen-bond donors (Lipinski definition) is 2. The molecule has 0 aliphatic carbocycles. The number of anilines is 2. The second-order valence-corrected chi connectivity index (χ2v) is 8.42. The number of nitrogens with zero attached hydrogens (tertiary/aromatic N) is 1. The van der Waals surface area contributed by atoms with Crippen molar-refractivity contribution in [3.05, 3.63) is 101 Å². The van der Waals surface area contributed by atoms with Crippen LogP contribution in [0.15, 0.2) is 88.3 Å². The van der Waals surface area contributed by atoms with Crippen LogP contribution < -0.4 is 15.4 Å². The maximum atomic E-state index is 12.9. The molecule has 7 nitrogen and oxygen atoms in total. The van der Waals surface area contributed by atoms with Crippen LogP contribution in [0.1, 0.15) is 32.2 Å². The zero-order valence-electron chi connectivity index (χ0n) is 18.7. The van der Waals surface area contributed by atoms with E-state index in [0.29, 0.717) is 34.0 Å². The lowest BCUT2D eigenvalue weighted by molar-refractivity contribution is 0.101. The quantitative estimate of drug-likeness (QED) is 0.315. The van der Waals surface area contributed by atoms with Crippen molar-refractivity contribution in [2.24, 2.45) is 0 Å². The minimum absolute atomic E-state index is 0.231. The minimum Gasteiger partial charge on any atom is -0.495 e. The Labute approximate surface area is 201 Å². The normalized spacial score (nSPS) is 10.5. The van der Waals surface area contributed by atoms with Crippen molar-refractivity contribution < 1.29 is 18.8 Å². The van der Waals surface area contributed by atoms with E-state index in [-0.39, 0.29) is 11.8 Å². The molecule has 0 bridgehead atoms. The lowest BCUT2D eigenvalue weighted by Gasteiger charge is -2.11. The first-order valence-corrected chi connectivity index (χ1v) is 11.5. The van der Waals surface area contributed by atoms with Gasteiger partial charge >= 0.3 is 0 Å². The Hall–Kier alpha value is -4.04. The maximum absolute atomic E-state index is 12.9. The molecular formula is C26H23N3O4S. The minimum atomic E-state index is -0.271. The molecule has 34 heavy (non-hydrogen) atoms. The number of aryl methyl sites for hydroxylation is 1. The second-order valence-electron chi connectivity index (χ2n) is 7.40. The lowest BCUT2D eigenvalue weighted by Crippen LogP contribution is -2.14. The summed E-state index contributed by atoms with van der Waals surface area (Å²) >= 11 is 1.52. The summed E-state index contributed by atoms with van der Waals surface area (Å²) in [6.45, 7) is 1.84. The van der Waals surface area contributed by atoms with E-state index < -0.39 is 0 Å². The number of hydrogen-bond acceptors (Lipinski definition) is 6. The van der Waals surface area contributed by atoms with Gasteiger partial charge in [0, 0.05) is 28.0 Å². The molecule has 0 unspecified atom stereocenters. The Morgan fingerprint density at radius 1 is 0.941 bits per heavy atom.